The van der Waals surface area contributed by atoms with Crippen LogP contribution in [0.15, 0.2) is 71.8 Å². The van der Waals surface area contributed by atoms with Gasteiger partial charge in [-0.25, -0.2) is 4.98 Å². The number of halogens is 1. The van der Waals surface area contributed by atoms with Gasteiger partial charge in [0, 0.05) is 27.4 Å². The first kappa shape index (κ1) is 14.9. The number of hydrogen-bond acceptors (Lipinski definition) is 3. The molecule has 1 aromatic heterocycles. The summed E-state index contributed by atoms with van der Waals surface area (Å²) in [6.07, 6.45) is 1.75. The topological polar surface area (TPSA) is 38.9 Å². The van der Waals surface area contributed by atoms with Crippen LogP contribution in [0.3, 0.4) is 0 Å². The highest BCUT2D eigenvalue weighted by Gasteiger charge is 2.10. The number of rotatable bonds is 4. The van der Waals surface area contributed by atoms with Crippen molar-refractivity contribution in [1.82, 2.24) is 4.98 Å². The lowest BCUT2D eigenvalue weighted by molar-refractivity contribution is 1.26. The Hall–Kier alpha value is -1.97. The van der Waals surface area contributed by atoms with Crippen LogP contribution in [0, 0.1) is 0 Å². The molecule has 0 saturated carbocycles. The van der Waals surface area contributed by atoms with Crippen LogP contribution in [0.25, 0.3) is 11.1 Å². The summed E-state index contributed by atoms with van der Waals surface area (Å²) < 4.78 is 0. The van der Waals surface area contributed by atoms with E-state index in [-0.39, 0.29) is 0 Å². The number of nitrogens with two attached hydrogens (primary N) is 1. The number of nitrogens with zero attached hydrogens (tertiary/aromatic N) is 1. The van der Waals surface area contributed by atoms with Gasteiger partial charge in [-0.15, -0.1) is 11.8 Å². The fourth-order valence-electron chi connectivity index (χ4n) is 2.23. The lowest BCUT2D eigenvalue weighted by Gasteiger charge is -2.12. The highest BCUT2D eigenvalue weighted by atomic mass is 35.5. The maximum absolute atomic E-state index is 6.10. The lowest BCUT2D eigenvalue weighted by atomic mass is 10.0. The first-order valence-corrected chi connectivity index (χ1v) is 8.27. The monoisotopic (exact) mass is 326 g/mol. The van der Waals surface area contributed by atoms with E-state index in [4.69, 9.17) is 17.3 Å². The summed E-state index contributed by atoms with van der Waals surface area (Å²) in [6.45, 7) is 0. The average Bonchev–Trinajstić information content (AvgIpc) is 2.55. The molecule has 0 bridgehead atoms. The van der Waals surface area contributed by atoms with Crippen molar-refractivity contribution in [3.05, 3.63) is 77.4 Å². The Morgan fingerprint density at radius 2 is 1.68 bits per heavy atom. The van der Waals surface area contributed by atoms with Gasteiger partial charge in [-0.2, -0.15) is 0 Å². The van der Waals surface area contributed by atoms with Gasteiger partial charge in [-0.1, -0.05) is 41.9 Å². The van der Waals surface area contributed by atoms with Gasteiger partial charge in [0.05, 0.1) is 0 Å². The highest BCUT2D eigenvalue weighted by molar-refractivity contribution is 7.98. The summed E-state index contributed by atoms with van der Waals surface area (Å²) in [5, 5.41) is 0.728. The molecule has 110 valence electrons. The fraction of sp³-hybridized carbons (Fsp3) is 0.0556. The number of nitrogen functional groups attached to an aromatic ring is 1. The van der Waals surface area contributed by atoms with Gasteiger partial charge in [0.1, 0.15) is 5.82 Å². The van der Waals surface area contributed by atoms with Crippen LogP contribution in [0.5, 0.6) is 0 Å². The molecule has 0 spiro atoms. The molecule has 0 atom stereocenters. The number of hydrogen-bond donors (Lipinski definition) is 1. The zero-order chi connectivity index (χ0) is 15.4. The van der Waals surface area contributed by atoms with Crippen molar-refractivity contribution in [3.8, 4) is 11.1 Å². The molecule has 0 saturated heterocycles. The van der Waals surface area contributed by atoms with E-state index in [1.165, 1.54) is 4.90 Å². The van der Waals surface area contributed by atoms with Crippen LogP contribution in [0.2, 0.25) is 5.02 Å². The molecule has 0 radical (unpaired) electrons. The molecule has 22 heavy (non-hydrogen) atoms. The molecule has 2 nitrogen and oxygen atoms in total. The Labute approximate surface area is 139 Å². The number of benzene rings is 2. The summed E-state index contributed by atoms with van der Waals surface area (Å²) in [5.41, 5.74) is 9.36. The zero-order valence-electron chi connectivity index (χ0n) is 11.9. The first-order chi connectivity index (χ1) is 10.7. The first-order valence-electron chi connectivity index (χ1n) is 6.91. The molecule has 0 amide bonds. The predicted octanol–water partition coefficient (Wildman–Crippen LogP) is 5.28. The summed E-state index contributed by atoms with van der Waals surface area (Å²) in [4.78, 5) is 5.45. The van der Waals surface area contributed by atoms with Crippen molar-refractivity contribution in [2.24, 2.45) is 0 Å². The van der Waals surface area contributed by atoms with Crippen molar-refractivity contribution in [3.63, 3.8) is 0 Å². The van der Waals surface area contributed by atoms with Crippen molar-refractivity contribution in [2.75, 3.05) is 5.73 Å². The van der Waals surface area contributed by atoms with Gasteiger partial charge in [0.25, 0.3) is 0 Å². The minimum absolute atomic E-state index is 0.580. The van der Waals surface area contributed by atoms with E-state index in [1.807, 2.05) is 48.5 Å². The van der Waals surface area contributed by atoms with Gasteiger partial charge in [-0.05, 0) is 41.5 Å². The molecule has 0 fully saturated rings. The number of pyridine rings is 1. The van der Waals surface area contributed by atoms with E-state index >= 15 is 0 Å². The van der Waals surface area contributed by atoms with E-state index < -0.39 is 0 Å². The second-order valence-electron chi connectivity index (χ2n) is 4.83. The molecule has 0 aliphatic rings. The van der Waals surface area contributed by atoms with Crippen LogP contribution < -0.4 is 5.73 Å². The standard InChI is InChI=1S/C18H15ClN2S/c19-14-8-6-13(7-9-14)16-10-11-21-18(20)17(16)12-22-15-4-2-1-3-5-15/h1-11H,12H2,(H2,20,21). The third kappa shape index (κ3) is 3.43. The maximum atomic E-state index is 6.10. The maximum Gasteiger partial charge on any atom is 0.127 e. The van der Waals surface area contributed by atoms with Crippen LogP contribution >= 0.6 is 23.4 Å². The van der Waals surface area contributed by atoms with Gasteiger partial charge >= 0.3 is 0 Å². The molecule has 0 unspecified atom stereocenters. The smallest absolute Gasteiger partial charge is 0.127 e. The van der Waals surface area contributed by atoms with Crippen molar-refractivity contribution >= 4 is 29.2 Å². The molecular formula is C18H15ClN2S. The third-order valence-corrected chi connectivity index (χ3v) is 4.66. The molecule has 2 aromatic carbocycles. The molecule has 1 heterocycles. The van der Waals surface area contributed by atoms with Gasteiger partial charge in [-0.3, -0.25) is 0 Å². The van der Waals surface area contributed by atoms with E-state index in [0.717, 1.165) is 27.5 Å². The van der Waals surface area contributed by atoms with Crippen molar-refractivity contribution < 1.29 is 0 Å². The van der Waals surface area contributed by atoms with Crippen LogP contribution in [-0.4, -0.2) is 4.98 Å². The lowest BCUT2D eigenvalue weighted by Crippen LogP contribution is -1.99. The minimum Gasteiger partial charge on any atom is -0.383 e. The summed E-state index contributed by atoms with van der Waals surface area (Å²) in [6, 6.07) is 20.1. The zero-order valence-corrected chi connectivity index (χ0v) is 13.4. The van der Waals surface area contributed by atoms with E-state index in [1.54, 1.807) is 18.0 Å². The molecule has 0 aliphatic carbocycles. The Morgan fingerprint density at radius 1 is 0.955 bits per heavy atom. The largest absolute Gasteiger partial charge is 0.383 e. The number of aromatic nitrogens is 1. The second-order valence-corrected chi connectivity index (χ2v) is 6.32. The Bertz CT molecular complexity index is 758. The quantitative estimate of drug-likeness (QED) is 0.663. The van der Waals surface area contributed by atoms with Crippen LogP contribution in [0.4, 0.5) is 5.82 Å². The molecule has 3 rings (SSSR count). The fourth-order valence-corrected chi connectivity index (χ4v) is 3.32. The van der Waals surface area contributed by atoms with Crippen LogP contribution in [0.1, 0.15) is 5.56 Å². The Kier molecular flexibility index (Phi) is 4.66. The minimum atomic E-state index is 0.580. The SMILES string of the molecule is Nc1nccc(-c2ccc(Cl)cc2)c1CSc1ccccc1. The van der Waals surface area contributed by atoms with Crippen LogP contribution in [-0.2, 0) is 5.75 Å². The molecule has 2 N–H and O–H groups in total. The summed E-state index contributed by atoms with van der Waals surface area (Å²) in [7, 11) is 0. The Balaban J connectivity index is 1.91. The highest BCUT2D eigenvalue weighted by Crippen LogP contribution is 2.32. The molecule has 4 heteroatoms. The van der Waals surface area contributed by atoms with E-state index in [0.29, 0.717) is 5.82 Å². The van der Waals surface area contributed by atoms with Crippen molar-refractivity contribution in [1.29, 1.82) is 0 Å². The number of anilines is 1. The predicted molar refractivity (Wildman–Crippen MR) is 95.1 cm³/mol. The normalized spacial score (nSPS) is 10.6. The molecule has 0 aliphatic heterocycles. The molecule has 3 aromatic rings. The van der Waals surface area contributed by atoms with Crippen molar-refractivity contribution in [2.45, 2.75) is 10.6 Å². The average molecular weight is 327 g/mol. The van der Waals surface area contributed by atoms with Gasteiger partial charge in [0.15, 0.2) is 0 Å². The van der Waals surface area contributed by atoms with E-state index in [9.17, 15) is 0 Å². The summed E-state index contributed by atoms with van der Waals surface area (Å²) >= 11 is 7.72. The van der Waals surface area contributed by atoms with Gasteiger partial charge in [0.2, 0.25) is 0 Å². The summed E-state index contributed by atoms with van der Waals surface area (Å²) in [5.74, 6) is 1.36. The Morgan fingerprint density at radius 3 is 2.41 bits per heavy atom. The third-order valence-electron chi connectivity index (χ3n) is 3.37. The number of thioether (sulfide) groups is 1. The van der Waals surface area contributed by atoms with Gasteiger partial charge < -0.3 is 5.73 Å². The molecular weight excluding hydrogens is 312 g/mol. The second kappa shape index (κ2) is 6.86. The van der Waals surface area contributed by atoms with E-state index in [2.05, 4.69) is 17.1 Å².